The van der Waals surface area contributed by atoms with E-state index in [-0.39, 0.29) is 11.5 Å². The zero-order valence-corrected chi connectivity index (χ0v) is 11.1. The minimum atomic E-state index is -0.587. The van der Waals surface area contributed by atoms with Crippen molar-refractivity contribution in [3.63, 3.8) is 0 Å². The molecule has 0 saturated heterocycles. The number of nitro groups is 1. The standard InChI is InChI=1S/C16H12N2O3/c19-16-14(11-18(20)21)13-8-4-5-9-15(13)17(16)10-12-6-2-1-3-7-12/h1-9,11H,10H2. The van der Waals surface area contributed by atoms with Crippen molar-refractivity contribution in [1.82, 2.24) is 0 Å². The van der Waals surface area contributed by atoms with Gasteiger partial charge in [0.15, 0.2) is 0 Å². The fraction of sp³-hybridized carbons (Fsp3) is 0.0625. The van der Waals surface area contributed by atoms with Gasteiger partial charge in [0, 0.05) is 5.56 Å². The van der Waals surface area contributed by atoms with E-state index in [1.165, 1.54) is 0 Å². The molecule has 0 atom stereocenters. The van der Waals surface area contributed by atoms with Gasteiger partial charge in [-0.05, 0) is 11.6 Å². The minimum Gasteiger partial charge on any atom is -0.303 e. The lowest BCUT2D eigenvalue weighted by atomic mass is 10.1. The van der Waals surface area contributed by atoms with E-state index < -0.39 is 4.92 Å². The number of hydrogen-bond donors (Lipinski definition) is 0. The topological polar surface area (TPSA) is 63.4 Å². The molecule has 0 aliphatic carbocycles. The van der Waals surface area contributed by atoms with Gasteiger partial charge in [0.2, 0.25) is 6.20 Å². The lowest BCUT2D eigenvalue weighted by Gasteiger charge is -2.16. The van der Waals surface area contributed by atoms with E-state index in [0.717, 1.165) is 11.8 Å². The second-order valence-corrected chi connectivity index (χ2v) is 4.72. The number of carbonyl (C=O) groups excluding carboxylic acids is 1. The molecule has 1 aliphatic heterocycles. The highest BCUT2D eigenvalue weighted by Gasteiger charge is 2.34. The Balaban J connectivity index is 2.03. The molecule has 0 spiro atoms. The number of para-hydroxylation sites is 1. The highest BCUT2D eigenvalue weighted by Crippen LogP contribution is 2.37. The van der Waals surface area contributed by atoms with E-state index in [1.54, 1.807) is 23.1 Å². The van der Waals surface area contributed by atoms with Gasteiger partial charge in [0.25, 0.3) is 5.91 Å². The first-order valence-electron chi connectivity index (χ1n) is 6.47. The Morgan fingerprint density at radius 3 is 2.43 bits per heavy atom. The Kier molecular flexibility index (Phi) is 3.23. The maximum absolute atomic E-state index is 12.5. The summed E-state index contributed by atoms with van der Waals surface area (Å²) in [6.07, 6.45) is 0.784. The van der Waals surface area contributed by atoms with Crippen molar-refractivity contribution in [2.75, 3.05) is 4.90 Å². The third kappa shape index (κ3) is 2.41. The van der Waals surface area contributed by atoms with E-state index in [2.05, 4.69) is 0 Å². The van der Waals surface area contributed by atoms with Gasteiger partial charge in [0.1, 0.15) is 5.57 Å². The van der Waals surface area contributed by atoms with Crippen LogP contribution in [0.25, 0.3) is 5.57 Å². The molecule has 0 N–H and O–H groups in total. The monoisotopic (exact) mass is 280 g/mol. The maximum Gasteiger partial charge on any atom is 0.265 e. The molecule has 104 valence electrons. The van der Waals surface area contributed by atoms with Crippen molar-refractivity contribution >= 4 is 17.2 Å². The summed E-state index contributed by atoms with van der Waals surface area (Å²) in [6, 6.07) is 16.7. The van der Waals surface area contributed by atoms with Crippen LogP contribution in [0.2, 0.25) is 0 Å². The van der Waals surface area contributed by atoms with Gasteiger partial charge >= 0.3 is 0 Å². The smallest absolute Gasteiger partial charge is 0.265 e. The lowest BCUT2D eigenvalue weighted by molar-refractivity contribution is -0.401. The second kappa shape index (κ2) is 5.20. The number of nitrogens with zero attached hydrogens (tertiary/aromatic N) is 2. The fourth-order valence-electron chi connectivity index (χ4n) is 2.46. The van der Waals surface area contributed by atoms with Gasteiger partial charge in [-0.1, -0.05) is 48.5 Å². The largest absolute Gasteiger partial charge is 0.303 e. The van der Waals surface area contributed by atoms with Crippen LogP contribution in [0.15, 0.2) is 60.8 Å². The van der Waals surface area contributed by atoms with Crippen LogP contribution in [0.4, 0.5) is 5.69 Å². The van der Waals surface area contributed by atoms with Gasteiger partial charge in [-0.25, -0.2) is 0 Å². The Morgan fingerprint density at radius 2 is 1.71 bits per heavy atom. The summed E-state index contributed by atoms with van der Waals surface area (Å²) in [5.74, 6) is -0.336. The van der Waals surface area contributed by atoms with Crippen LogP contribution in [0.5, 0.6) is 0 Å². The molecule has 1 aliphatic rings. The van der Waals surface area contributed by atoms with E-state index >= 15 is 0 Å². The lowest BCUT2D eigenvalue weighted by Crippen LogP contribution is -2.25. The SMILES string of the molecule is O=C1C(=C[N+](=O)[O-])c2ccccc2N1Cc1ccccc1. The number of anilines is 1. The Hall–Kier alpha value is -2.95. The molecule has 2 aromatic carbocycles. The van der Waals surface area contributed by atoms with Crippen LogP contribution in [0, 0.1) is 10.1 Å². The first-order valence-corrected chi connectivity index (χ1v) is 6.47. The van der Waals surface area contributed by atoms with Crippen LogP contribution in [0.1, 0.15) is 11.1 Å². The average molecular weight is 280 g/mol. The summed E-state index contributed by atoms with van der Waals surface area (Å²) in [5, 5.41) is 10.7. The van der Waals surface area contributed by atoms with Gasteiger partial charge in [-0.15, -0.1) is 0 Å². The molecule has 1 amide bonds. The third-order valence-corrected chi connectivity index (χ3v) is 3.38. The average Bonchev–Trinajstić information content (AvgIpc) is 2.74. The first-order chi connectivity index (χ1) is 10.2. The number of fused-ring (bicyclic) bond motifs is 1. The normalized spacial score (nSPS) is 15.3. The molecular weight excluding hydrogens is 268 g/mol. The van der Waals surface area contributed by atoms with Crippen LogP contribution in [-0.4, -0.2) is 10.8 Å². The van der Waals surface area contributed by atoms with Crippen molar-refractivity contribution in [1.29, 1.82) is 0 Å². The van der Waals surface area contributed by atoms with Gasteiger partial charge in [-0.2, -0.15) is 0 Å². The maximum atomic E-state index is 12.5. The quantitative estimate of drug-likeness (QED) is 0.493. The fourth-order valence-corrected chi connectivity index (χ4v) is 2.46. The zero-order chi connectivity index (χ0) is 14.8. The predicted molar refractivity (Wildman–Crippen MR) is 79.0 cm³/mol. The zero-order valence-electron chi connectivity index (χ0n) is 11.1. The van der Waals surface area contributed by atoms with Crippen molar-refractivity contribution in [3.05, 3.63) is 82.0 Å². The van der Waals surface area contributed by atoms with Crippen molar-refractivity contribution in [2.45, 2.75) is 6.54 Å². The predicted octanol–water partition coefficient (Wildman–Crippen LogP) is 2.85. The molecule has 0 bridgehead atoms. The summed E-state index contributed by atoms with van der Waals surface area (Å²) in [7, 11) is 0. The van der Waals surface area contributed by atoms with Crippen LogP contribution in [0.3, 0.4) is 0 Å². The Bertz CT molecular complexity index is 738. The van der Waals surface area contributed by atoms with E-state index in [1.807, 2.05) is 36.4 Å². The van der Waals surface area contributed by atoms with E-state index in [9.17, 15) is 14.9 Å². The highest BCUT2D eigenvalue weighted by molar-refractivity contribution is 6.32. The molecule has 0 saturated carbocycles. The Morgan fingerprint density at radius 1 is 1.05 bits per heavy atom. The first kappa shape index (κ1) is 13.1. The molecule has 5 nitrogen and oxygen atoms in total. The molecule has 1 heterocycles. The molecule has 3 rings (SSSR count). The van der Waals surface area contributed by atoms with Crippen LogP contribution >= 0.6 is 0 Å². The van der Waals surface area contributed by atoms with Gasteiger partial charge < -0.3 is 4.90 Å². The van der Waals surface area contributed by atoms with E-state index in [4.69, 9.17) is 0 Å². The highest BCUT2D eigenvalue weighted by atomic mass is 16.6. The molecular formula is C16H12N2O3. The molecule has 2 aromatic rings. The number of carbonyl (C=O) groups is 1. The summed E-state index contributed by atoms with van der Waals surface area (Å²) < 4.78 is 0. The number of rotatable bonds is 3. The number of amides is 1. The van der Waals surface area contributed by atoms with Gasteiger partial charge in [0.05, 0.1) is 17.2 Å². The number of benzene rings is 2. The summed E-state index contributed by atoms with van der Waals surface area (Å²) in [6.45, 7) is 0.395. The summed E-state index contributed by atoms with van der Waals surface area (Å²) >= 11 is 0. The van der Waals surface area contributed by atoms with E-state index in [0.29, 0.717) is 17.8 Å². The Labute approximate surface area is 121 Å². The molecule has 0 fully saturated rings. The third-order valence-electron chi connectivity index (χ3n) is 3.38. The molecule has 0 unspecified atom stereocenters. The van der Waals surface area contributed by atoms with Crippen molar-refractivity contribution in [3.8, 4) is 0 Å². The summed E-state index contributed by atoms with van der Waals surface area (Å²) in [4.78, 5) is 24.2. The second-order valence-electron chi connectivity index (χ2n) is 4.72. The minimum absolute atomic E-state index is 0.131. The van der Waals surface area contributed by atoms with Crippen LogP contribution < -0.4 is 4.90 Å². The van der Waals surface area contributed by atoms with Crippen LogP contribution in [-0.2, 0) is 11.3 Å². The van der Waals surface area contributed by atoms with Crippen molar-refractivity contribution < 1.29 is 9.72 Å². The van der Waals surface area contributed by atoms with Crippen molar-refractivity contribution in [2.24, 2.45) is 0 Å². The molecule has 21 heavy (non-hydrogen) atoms. The van der Waals surface area contributed by atoms with Gasteiger partial charge in [-0.3, -0.25) is 14.9 Å². The number of hydrogen-bond acceptors (Lipinski definition) is 3. The molecule has 0 radical (unpaired) electrons. The summed E-state index contributed by atoms with van der Waals surface area (Å²) in [5.41, 5.74) is 2.42. The molecule has 0 aromatic heterocycles. The molecule has 5 heteroatoms.